The highest BCUT2D eigenvalue weighted by molar-refractivity contribution is 5.25. The average Bonchev–Trinajstić information content (AvgIpc) is 2.45. The summed E-state index contributed by atoms with van der Waals surface area (Å²) in [5.74, 6) is 0.242. The Morgan fingerprint density at radius 3 is 2.50 bits per heavy atom. The van der Waals surface area contributed by atoms with Crippen LogP contribution in [-0.2, 0) is 5.41 Å². The molecule has 1 aliphatic carbocycles. The van der Waals surface area contributed by atoms with Gasteiger partial charge in [-0.1, -0.05) is 20.8 Å². The fourth-order valence-electron chi connectivity index (χ4n) is 2.42. The molecule has 0 atom stereocenters. The van der Waals surface area contributed by atoms with Gasteiger partial charge in [0.05, 0.1) is 24.2 Å². The van der Waals surface area contributed by atoms with Crippen molar-refractivity contribution in [2.45, 2.75) is 52.0 Å². The van der Waals surface area contributed by atoms with Crippen LogP contribution in [0.15, 0.2) is 6.20 Å². The standard InChI is InChI=1S/C13H19N3/c1-9-12(13(2,3)4)8-15-16(9)11-5-10(6-11)7-14/h8,10-11H,5-6H2,1-4H3. The maximum Gasteiger partial charge on any atom is 0.0657 e. The Balaban J connectivity index is 2.20. The first-order valence-corrected chi connectivity index (χ1v) is 5.87. The highest BCUT2D eigenvalue weighted by atomic mass is 15.3. The molecule has 0 saturated heterocycles. The van der Waals surface area contributed by atoms with E-state index in [0.29, 0.717) is 6.04 Å². The number of rotatable bonds is 1. The van der Waals surface area contributed by atoms with E-state index in [2.05, 4.69) is 43.5 Å². The predicted molar refractivity (Wildman–Crippen MR) is 63.0 cm³/mol. The normalized spacial score (nSPS) is 24.9. The summed E-state index contributed by atoms with van der Waals surface area (Å²) in [6.45, 7) is 8.76. The van der Waals surface area contributed by atoms with Gasteiger partial charge >= 0.3 is 0 Å². The van der Waals surface area contributed by atoms with E-state index in [-0.39, 0.29) is 11.3 Å². The summed E-state index contributed by atoms with van der Waals surface area (Å²) in [7, 11) is 0. The first-order valence-electron chi connectivity index (χ1n) is 5.87. The van der Waals surface area contributed by atoms with Crippen molar-refractivity contribution in [3.05, 3.63) is 17.5 Å². The average molecular weight is 217 g/mol. The summed E-state index contributed by atoms with van der Waals surface area (Å²) in [5, 5.41) is 13.3. The van der Waals surface area contributed by atoms with Gasteiger partial charge in [0.15, 0.2) is 0 Å². The Hall–Kier alpha value is -1.30. The summed E-state index contributed by atoms with van der Waals surface area (Å²) >= 11 is 0. The Bertz CT molecular complexity index is 425. The minimum absolute atomic E-state index is 0.153. The van der Waals surface area contributed by atoms with Crippen molar-refractivity contribution in [1.29, 1.82) is 5.26 Å². The van der Waals surface area contributed by atoms with Crippen molar-refractivity contribution in [3.8, 4) is 6.07 Å². The van der Waals surface area contributed by atoms with Gasteiger partial charge in [0, 0.05) is 5.69 Å². The Morgan fingerprint density at radius 1 is 1.44 bits per heavy atom. The van der Waals surface area contributed by atoms with Gasteiger partial charge in [0.25, 0.3) is 0 Å². The lowest BCUT2D eigenvalue weighted by Gasteiger charge is -2.32. The van der Waals surface area contributed by atoms with Crippen molar-refractivity contribution in [2.24, 2.45) is 5.92 Å². The number of nitrogens with zero attached hydrogens (tertiary/aromatic N) is 3. The molecule has 1 aromatic rings. The summed E-state index contributed by atoms with van der Waals surface area (Å²) in [5.41, 5.74) is 2.72. The molecule has 0 unspecified atom stereocenters. The molecule has 0 bridgehead atoms. The van der Waals surface area contributed by atoms with E-state index in [9.17, 15) is 0 Å². The van der Waals surface area contributed by atoms with Crippen molar-refractivity contribution < 1.29 is 0 Å². The Kier molecular flexibility index (Phi) is 2.53. The Morgan fingerprint density at radius 2 is 2.06 bits per heavy atom. The molecule has 0 aliphatic heterocycles. The summed E-state index contributed by atoms with van der Waals surface area (Å²) < 4.78 is 2.11. The fourth-order valence-corrected chi connectivity index (χ4v) is 2.42. The second-order valence-electron chi connectivity index (χ2n) is 5.79. The molecular formula is C13H19N3. The van der Waals surface area contributed by atoms with Crippen molar-refractivity contribution in [1.82, 2.24) is 9.78 Å². The molecule has 0 N–H and O–H groups in total. The molecule has 1 heterocycles. The van der Waals surface area contributed by atoms with Gasteiger partial charge in [-0.3, -0.25) is 4.68 Å². The molecule has 0 spiro atoms. The van der Waals surface area contributed by atoms with Crippen LogP contribution < -0.4 is 0 Å². The van der Waals surface area contributed by atoms with E-state index in [1.807, 2.05) is 6.20 Å². The fraction of sp³-hybridized carbons (Fsp3) is 0.692. The van der Waals surface area contributed by atoms with E-state index in [0.717, 1.165) is 12.8 Å². The molecule has 1 aliphatic rings. The largest absolute Gasteiger partial charge is 0.266 e. The van der Waals surface area contributed by atoms with E-state index in [4.69, 9.17) is 5.26 Å². The second kappa shape index (κ2) is 3.62. The van der Waals surface area contributed by atoms with Gasteiger partial charge in [-0.2, -0.15) is 10.4 Å². The number of hydrogen-bond donors (Lipinski definition) is 0. The summed E-state index contributed by atoms with van der Waals surface area (Å²) in [6.07, 6.45) is 3.90. The molecule has 3 heteroatoms. The lowest BCUT2D eigenvalue weighted by Crippen LogP contribution is -2.27. The quantitative estimate of drug-likeness (QED) is 0.725. The zero-order chi connectivity index (χ0) is 11.9. The zero-order valence-corrected chi connectivity index (χ0v) is 10.5. The first kappa shape index (κ1) is 11.2. The smallest absolute Gasteiger partial charge is 0.0657 e. The van der Waals surface area contributed by atoms with Crippen LogP contribution in [0.25, 0.3) is 0 Å². The van der Waals surface area contributed by atoms with Crippen LogP contribution in [0.3, 0.4) is 0 Å². The third kappa shape index (κ3) is 1.73. The molecule has 86 valence electrons. The third-order valence-electron chi connectivity index (χ3n) is 3.49. The maximum atomic E-state index is 8.77. The second-order valence-corrected chi connectivity index (χ2v) is 5.79. The van der Waals surface area contributed by atoms with Crippen LogP contribution in [0.4, 0.5) is 0 Å². The zero-order valence-electron chi connectivity index (χ0n) is 10.5. The van der Waals surface area contributed by atoms with E-state index in [1.54, 1.807) is 0 Å². The lowest BCUT2D eigenvalue weighted by atomic mass is 9.81. The number of nitriles is 1. The molecule has 0 radical (unpaired) electrons. The molecule has 16 heavy (non-hydrogen) atoms. The molecule has 0 aromatic carbocycles. The van der Waals surface area contributed by atoms with Gasteiger partial charge in [-0.25, -0.2) is 0 Å². The summed E-state index contributed by atoms with van der Waals surface area (Å²) in [6, 6.07) is 2.76. The van der Waals surface area contributed by atoms with E-state index in [1.165, 1.54) is 11.3 Å². The van der Waals surface area contributed by atoms with Crippen molar-refractivity contribution >= 4 is 0 Å². The van der Waals surface area contributed by atoms with E-state index < -0.39 is 0 Å². The molecule has 1 saturated carbocycles. The maximum absolute atomic E-state index is 8.77. The molecular weight excluding hydrogens is 198 g/mol. The van der Waals surface area contributed by atoms with Gasteiger partial charge in [0.2, 0.25) is 0 Å². The number of hydrogen-bond acceptors (Lipinski definition) is 2. The highest BCUT2D eigenvalue weighted by Gasteiger charge is 2.33. The molecule has 0 amide bonds. The topological polar surface area (TPSA) is 41.6 Å². The van der Waals surface area contributed by atoms with Crippen molar-refractivity contribution in [3.63, 3.8) is 0 Å². The van der Waals surface area contributed by atoms with Crippen LogP contribution >= 0.6 is 0 Å². The first-order chi connectivity index (χ1) is 7.43. The molecule has 3 nitrogen and oxygen atoms in total. The van der Waals surface area contributed by atoms with Crippen LogP contribution in [0.1, 0.15) is 50.9 Å². The predicted octanol–water partition coefficient (Wildman–Crippen LogP) is 2.96. The van der Waals surface area contributed by atoms with Crippen LogP contribution in [0.2, 0.25) is 0 Å². The molecule has 2 rings (SSSR count). The SMILES string of the molecule is Cc1c(C(C)(C)C)cnn1C1CC(C#N)C1. The molecule has 1 fully saturated rings. The minimum Gasteiger partial charge on any atom is -0.266 e. The third-order valence-corrected chi connectivity index (χ3v) is 3.49. The van der Waals surface area contributed by atoms with Crippen molar-refractivity contribution in [2.75, 3.05) is 0 Å². The minimum atomic E-state index is 0.153. The summed E-state index contributed by atoms with van der Waals surface area (Å²) in [4.78, 5) is 0. The molecule has 1 aromatic heterocycles. The highest BCUT2D eigenvalue weighted by Crippen LogP contribution is 2.38. The van der Waals surface area contributed by atoms with Gasteiger partial charge in [-0.15, -0.1) is 0 Å². The Labute approximate surface area is 97.1 Å². The van der Waals surface area contributed by atoms with E-state index >= 15 is 0 Å². The van der Waals surface area contributed by atoms with Crippen LogP contribution in [-0.4, -0.2) is 9.78 Å². The van der Waals surface area contributed by atoms with Gasteiger partial charge in [0.1, 0.15) is 0 Å². The lowest BCUT2D eigenvalue weighted by molar-refractivity contribution is 0.226. The number of aromatic nitrogens is 2. The van der Waals surface area contributed by atoms with Crippen LogP contribution in [0, 0.1) is 24.2 Å². The van der Waals surface area contributed by atoms with Crippen LogP contribution in [0.5, 0.6) is 0 Å². The monoisotopic (exact) mass is 217 g/mol. The van der Waals surface area contributed by atoms with Gasteiger partial charge in [-0.05, 0) is 30.7 Å². The van der Waals surface area contributed by atoms with Gasteiger partial charge < -0.3 is 0 Å².